The largest absolute Gasteiger partial charge is 0.304 e. The van der Waals surface area contributed by atoms with Gasteiger partial charge in [-0.05, 0) is 44.3 Å². The Kier molecular flexibility index (Phi) is 6.01. The summed E-state index contributed by atoms with van der Waals surface area (Å²) in [5, 5.41) is 0.531. The molecule has 0 unspecified atom stereocenters. The standard InChI is InChI=1S/C14H22ClN3O2S/c1-17-9-11-18(12-10-17)8-2-7-16-21(19,20)14-5-3-13(15)4-6-14/h3-6,16H,2,7-12H2,1H3. The van der Waals surface area contributed by atoms with Crippen molar-refractivity contribution in [2.24, 2.45) is 0 Å². The number of benzene rings is 1. The van der Waals surface area contributed by atoms with Crippen LogP contribution in [0.1, 0.15) is 6.42 Å². The second-order valence-corrected chi connectivity index (χ2v) is 7.55. The number of piperazine rings is 1. The van der Waals surface area contributed by atoms with Gasteiger partial charge in [0.2, 0.25) is 10.0 Å². The van der Waals surface area contributed by atoms with Crippen LogP contribution in [-0.4, -0.2) is 64.5 Å². The van der Waals surface area contributed by atoms with Crippen LogP contribution in [0.25, 0.3) is 0 Å². The van der Waals surface area contributed by atoms with Crippen molar-refractivity contribution in [3.63, 3.8) is 0 Å². The van der Waals surface area contributed by atoms with E-state index in [1.54, 1.807) is 12.1 Å². The average Bonchev–Trinajstić information content (AvgIpc) is 2.46. The Bertz CT molecular complexity index is 540. The van der Waals surface area contributed by atoms with Crippen LogP contribution in [-0.2, 0) is 10.0 Å². The third-order valence-electron chi connectivity index (χ3n) is 3.66. The highest BCUT2D eigenvalue weighted by molar-refractivity contribution is 7.89. The summed E-state index contributed by atoms with van der Waals surface area (Å²) in [7, 11) is -1.30. The van der Waals surface area contributed by atoms with Crippen molar-refractivity contribution in [3.05, 3.63) is 29.3 Å². The minimum Gasteiger partial charge on any atom is -0.304 e. The molecular weight excluding hydrogens is 310 g/mol. The van der Waals surface area contributed by atoms with Crippen molar-refractivity contribution in [1.82, 2.24) is 14.5 Å². The second kappa shape index (κ2) is 7.56. The van der Waals surface area contributed by atoms with Gasteiger partial charge in [-0.25, -0.2) is 13.1 Å². The minimum atomic E-state index is -3.42. The molecule has 1 aromatic carbocycles. The molecule has 1 heterocycles. The molecule has 1 aliphatic rings. The maximum absolute atomic E-state index is 12.1. The lowest BCUT2D eigenvalue weighted by Crippen LogP contribution is -2.45. The quantitative estimate of drug-likeness (QED) is 0.797. The van der Waals surface area contributed by atoms with Crippen LogP contribution in [0.15, 0.2) is 29.2 Å². The molecule has 118 valence electrons. The molecule has 0 aromatic heterocycles. The summed E-state index contributed by atoms with van der Waals surface area (Å²) < 4.78 is 26.8. The maximum Gasteiger partial charge on any atom is 0.240 e. The number of nitrogens with zero attached hydrogens (tertiary/aromatic N) is 2. The number of nitrogens with one attached hydrogen (secondary N) is 1. The molecule has 0 aliphatic carbocycles. The zero-order chi connectivity index (χ0) is 15.3. The van der Waals surface area contributed by atoms with Gasteiger partial charge in [0.1, 0.15) is 0 Å². The molecule has 1 saturated heterocycles. The van der Waals surface area contributed by atoms with Crippen LogP contribution < -0.4 is 4.72 Å². The summed E-state index contributed by atoms with van der Waals surface area (Å²) in [4.78, 5) is 4.93. The van der Waals surface area contributed by atoms with Gasteiger partial charge in [0.05, 0.1) is 4.90 Å². The maximum atomic E-state index is 12.1. The van der Waals surface area contributed by atoms with E-state index < -0.39 is 10.0 Å². The average molecular weight is 332 g/mol. The molecule has 1 N–H and O–H groups in total. The fraction of sp³-hybridized carbons (Fsp3) is 0.571. The lowest BCUT2D eigenvalue weighted by atomic mass is 10.3. The normalized spacial score (nSPS) is 18.0. The van der Waals surface area contributed by atoms with Crippen LogP contribution >= 0.6 is 11.6 Å². The SMILES string of the molecule is CN1CCN(CCCNS(=O)(=O)c2ccc(Cl)cc2)CC1. The number of likely N-dealkylation sites (N-methyl/N-ethyl adjacent to an activating group) is 1. The van der Waals surface area contributed by atoms with Crippen molar-refractivity contribution in [2.75, 3.05) is 46.3 Å². The van der Waals surface area contributed by atoms with Crippen LogP contribution in [0.4, 0.5) is 0 Å². The van der Waals surface area contributed by atoms with Crippen molar-refractivity contribution in [1.29, 1.82) is 0 Å². The molecule has 0 radical (unpaired) electrons. The molecule has 0 atom stereocenters. The number of rotatable bonds is 6. The van der Waals surface area contributed by atoms with Gasteiger partial charge in [0.25, 0.3) is 0 Å². The summed E-state index contributed by atoms with van der Waals surface area (Å²) in [5.74, 6) is 0. The molecule has 2 rings (SSSR count). The molecule has 21 heavy (non-hydrogen) atoms. The molecule has 1 aromatic rings. The summed E-state index contributed by atoms with van der Waals surface area (Å²) >= 11 is 5.76. The Morgan fingerprint density at radius 3 is 2.38 bits per heavy atom. The van der Waals surface area contributed by atoms with E-state index in [1.165, 1.54) is 12.1 Å². The fourth-order valence-corrected chi connectivity index (χ4v) is 3.48. The third kappa shape index (κ3) is 5.23. The van der Waals surface area contributed by atoms with Gasteiger partial charge in [0, 0.05) is 37.7 Å². The molecule has 7 heteroatoms. The predicted octanol–water partition coefficient (Wildman–Crippen LogP) is 1.26. The summed E-state index contributed by atoms with van der Waals surface area (Å²) in [6.45, 7) is 5.65. The Balaban J connectivity index is 1.73. The highest BCUT2D eigenvalue weighted by Gasteiger charge is 2.15. The van der Waals surface area contributed by atoms with E-state index in [9.17, 15) is 8.42 Å². The van der Waals surface area contributed by atoms with E-state index in [2.05, 4.69) is 21.6 Å². The minimum absolute atomic E-state index is 0.256. The first-order valence-electron chi connectivity index (χ1n) is 7.13. The van der Waals surface area contributed by atoms with Gasteiger partial charge < -0.3 is 9.80 Å². The first kappa shape index (κ1) is 16.7. The highest BCUT2D eigenvalue weighted by Crippen LogP contribution is 2.13. The first-order chi connectivity index (χ1) is 9.97. The van der Waals surface area contributed by atoms with Gasteiger partial charge in [-0.2, -0.15) is 0 Å². The third-order valence-corrected chi connectivity index (χ3v) is 5.39. The van der Waals surface area contributed by atoms with Crippen molar-refractivity contribution < 1.29 is 8.42 Å². The highest BCUT2D eigenvalue weighted by atomic mass is 35.5. The summed E-state index contributed by atoms with van der Waals surface area (Å²) in [6, 6.07) is 6.21. The van der Waals surface area contributed by atoms with Gasteiger partial charge in [-0.1, -0.05) is 11.6 Å². The molecule has 1 fully saturated rings. The van der Waals surface area contributed by atoms with Crippen LogP contribution in [0.3, 0.4) is 0 Å². The van der Waals surface area contributed by atoms with E-state index in [4.69, 9.17) is 11.6 Å². The number of halogens is 1. The summed E-state index contributed by atoms with van der Waals surface area (Å²) in [6.07, 6.45) is 0.816. The smallest absolute Gasteiger partial charge is 0.240 e. The summed E-state index contributed by atoms with van der Waals surface area (Å²) in [5.41, 5.74) is 0. The molecule has 0 spiro atoms. The van der Waals surface area contributed by atoms with Gasteiger partial charge in [0.15, 0.2) is 0 Å². The number of hydrogen-bond acceptors (Lipinski definition) is 4. The molecule has 1 aliphatic heterocycles. The van der Waals surface area contributed by atoms with Crippen LogP contribution in [0.5, 0.6) is 0 Å². The van der Waals surface area contributed by atoms with E-state index in [1.807, 2.05) is 0 Å². The topological polar surface area (TPSA) is 52.6 Å². The monoisotopic (exact) mass is 331 g/mol. The van der Waals surface area contributed by atoms with E-state index in [0.717, 1.165) is 39.1 Å². The molecule has 0 amide bonds. The predicted molar refractivity (Wildman–Crippen MR) is 85.2 cm³/mol. The van der Waals surface area contributed by atoms with Crippen LogP contribution in [0.2, 0.25) is 5.02 Å². The molecule has 0 saturated carbocycles. The van der Waals surface area contributed by atoms with Crippen molar-refractivity contribution in [3.8, 4) is 0 Å². The Hall–Kier alpha value is -0.660. The van der Waals surface area contributed by atoms with Gasteiger partial charge in [-0.3, -0.25) is 0 Å². The molecular formula is C14H22ClN3O2S. The first-order valence-corrected chi connectivity index (χ1v) is 8.99. The zero-order valence-electron chi connectivity index (χ0n) is 12.3. The zero-order valence-corrected chi connectivity index (χ0v) is 13.8. The Labute approximate surface area is 131 Å². The van der Waals surface area contributed by atoms with Crippen LogP contribution in [0, 0.1) is 0 Å². The van der Waals surface area contributed by atoms with E-state index >= 15 is 0 Å². The van der Waals surface area contributed by atoms with E-state index in [-0.39, 0.29) is 4.90 Å². The fourth-order valence-electron chi connectivity index (χ4n) is 2.28. The number of hydrogen-bond donors (Lipinski definition) is 1. The molecule has 0 bridgehead atoms. The van der Waals surface area contributed by atoms with Crippen molar-refractivity contribution in [2.45, 2.75) is 11.3 Å². The number of sulfonamides is 1. The second-order valence-electron chi connectivity index (χ2n) is 5.35. The Morgan fingerprint density at radius 1 is 1.14 bits per heavy atom. The lowest BCUT2D eigenvalue weighted by Gasteiger charge is -2.32. The van der Waals surface area contributed by atoms with Gasteiger partial charge in [-0.15, -0.1) is 0 Å². The lowest BCUT2D eigenvalue weighted by molar-refractivity contribution is 0.153. The Morgan fingerprint density at radius 2 is 1.76 bits per heavy atom. The van der Waals surface area contributed by atoms with Crippen molar-refractivity contribution >= 4 is 21.6 Å². The molecule has 5 nitrogen and oxygen atoms in total. The van der Waals surface area contributed by atoms with E-state index in [0.29, 0.717) is 11.6 Å². The van der Waals surface area contributed by atoms with Gasteiger partial charge >= 0.3 is 0 Å².